The van der Waals surface area contributed by atoms with Crippen molar-refractivity contribution in [2.75, 3.05) is 37.6 Å². The van der Waals surface area contributed by atoms with E-state index >= 15 is 0 Å². The van der Waals surface area contributed by atoms with Gasteiger partial charge in [0.1, 0.15) is 0 Å². The molecule has 0 bridgehead atoms. The van der Waals surface area contributed by atoms with Crippen molar-refractivity contribution < 1.29 is 4.79 Å². The molecular formula is C17H24ClN3O. The topological polar surface area (TPSA) is 35.6 Å². The molecule has 3 rings (SSSR count). The van der Waals surface area contributed by atoms with E-state index in [0.29, 0.717) is 19.1 Å². The highest BCUT2D eigenvalue weighted by atomic mass is 35.5. The third kappa shape index (κ3) is 2.87. The summed E-state index contributed by atoms with van der Waals surface area (Å²) in [4.78, 5) is 16.9. The standard InChI is InChI=1S/C17H24ClN3O/c1-12-9-20(8-7-19-12)10-15(22)21-11-17(2,3)16-13(18)5-4-6-14(16)21/h4-6,12,19H,7-11H2,1-3H3. The number of piperazine rings is 1. The van der Waals surface area contributed by atoms with E-state index in [-0.39, 0.29) is 11.3 Å². The first-order valence-corrected chi connectivity index (χ1v) is 8.31. The van der Waals surface area contributed by atoms with Crippen molar-refractivity contribution in [1.29, 1.82) is 0 Å². The van der Waals surface area contributed by atoms with Crippen LogP contribution in [0.25, 0.3) is 0 Å². The van der Waals surface area contributed by atoms with Gasteiger partial charge in [-0.15, -0.1) is 0 Å². The second-order valence-electron chi connectivity index (χ2n) is 7.09. The predicted molar refractivity (Wildman–Crippen MR) is 90.7 cm³/mol. The zero-order valence-corrected chi connectivity index (χ0v) is 14.3. The van der Waals surface area contributed by atoms with Gasteiger partial charge in [0.2, 0.25) is 5.91 Å². The van der Waals surface area contributed by atoms with E-state index in [4.69, 9.17) is 11.6 Å². The van der Waals surface area contributed by atoms with E-state index in [1.54, 1.807) is 0 Å². The van der Waals surface area contributed by atoms with Gasteiger partial charge in [-0.05, 0) is 19.1 Å². The third-order valence-electron chi connectivity index (χ3n) is 4.63. The summed E-state index contributed by atoms with van der Waals surface area (Å²) in [5.41, 5.74) is 1.98. The maximum atomic E-state index is 12.8. The number of anilines is 1. The summed E-state index contributed by atoms with van der Waals surface area (Å²) < 4.78 is 0. The lowest BCUT2D eigenvalue weighted by Gasteiger charge is -2.32. The Labute approximate surface area is 137 Å². The molecule has 1 unspecified atom stereocenters. The molecular weight excluding hydrogens is 298 g/mol. The number of rotatable bonds is 2. The molecule has 22 heavy (non-hydrogen) atoms. The molecule has 1 atom stereocenters. The van der Waals surface area contributed by atoms with Crippen molar-refractivity contribution in [3.63, 3.8) is 0 Å². The lowest BCUT2D eigenvalue weighted by Crippen LogP contribution is -2.52. The van der Waals surface area contributed by atoms with Gasteiger partial charge in [0.05, 0.1) is 6.54 Å². The van der Waals surface area contributed by atoms with Gasteiger partial charge >= 0.3 is 0 Å². The number of fused-ring (bicyclic) bond motifs is 1. The van der Waals surface area contributed by atoms with Crippen molar-refractivity contribution in [2.45, 2.75) is 32.2 Å². The molecule has 2 aliphatic rings. The number of carbonyl (C=O) groups excluding carboxylic acids is 1. The van der Waals surface area contributed by atoms with E-state index < -0.39 is 0 Å². The van der Waals surface area contributed by atoms with Crippen LogP contribution >= 0.6 is 11.6 Å². The van der Waals surface area contributed by atoms with E-state index in [2.05, 4.69) is 31.0 Å². The van der Waals surface area contributed by atoms with Gasteiger partial charge in [-0.25, -0.2) is 0 Å². The molecule has 0 spiro atoms. The molecule has 0 saturated carbocycles. The zero-order chi connectivity index (χ0) is 15.9. The molecule has 2 heterocycles. The van der Waals surface area contributed by atoms with Gasteiger partial charge in [-0.1, -0.05) is 31.5 Å². The minimum absolute atomic E-state index is 0.0971. The van der Waals surface area contributed by atoms with Crippen molar-refractivity contribution in [3.05, 3.63) is 28.8 Å². The quantitative estimate of drug-likeness (QED) is 0.907. The fourth-order valence-electron chi connectivity index (χ4n) is 3.62. The fraction of sp³-hybridized carbons (Fsp3) is 0.588. The summed E-state index contributed by atoms with van der Waals surface area (Å²) in [6, 6.07) is 6.29. The van der Waals surface area contributed by atoms with E-state index in [0.717, 1.165) is 35.9 Å². The highest BCUT2D eigenvalue weighted by Crippen LogP contribution is 2.44. The highest BCUT2D eigenvalue weighted by molar-refractivity contribution is 6.32. The van der Waals surface area contributed by atoms with Crippen LogP contribution in [-0.2, 0) is 10.2 Å². The van der Waals surface area contributed by atoms with Crippen molar-refractivity contribution >= 4 is 23.2 Å². The van der Waals surface area contributed by atoms with Crippen LogP contribution in [0, 0.1) is 0 Å². The van der Waals surface area contributed by atoms with Crippen LogP contribution in [0.3, 0.4) is 0 Å². The number of hydrogen-bond acceptors (Lipinski definition) is 3. The Hall–Kier alpha value is -1.10. The van der Waals surface area contributed by atoms with E-state index in [9.17, 15) is 4.79 Å². The molecule has 1 amide bonds. The first-order valence-electron chi connectivity index (χ1n) is 7.93. The fourth-order valence-corrected chi connectivity index (χ4v) is 4.05. The molecule has 0 aliphatic carbocycles. The highest BCUT2D eigenvalue weighted by Gasteiger charge is 2.39. The smallest absolute Gasteiger partial charge is 0.241 e. The number of carbonyl (C=O) groups is 1. The normalized spacial score (nSPS) is 24.4. The van der Waals surface area contributed by atoms with Gasteiger partial charge in [0.15, 0.2) is 0 Å². The van der Waals surface area contributed by atoms with Gasteiger partial charge in [0.25, 0.3) is 0 Å². The van der Waals surface area contributed by atoms with Crippen LogP contribution in [0.1, 0.15) is 26.3 Å². The van der Waals surface area contributed by atoms with Gasteiger partial charge in [-0.3, -0.25) is 9.69 Å². The molecule has 1 aromatic carbocycles. The number of amides is 1. The molecule has 5 heteroatoms. The predicted octanol–water partition coefficient (Wildman–Crippen LogP) is 2.26. The Balaban J connectivity index is 1.79. The zero-order valence-electron chi connectivity index (χ0n) is 13.5. The number of benzene rings is 1. The first-order chi connectivity index (χ1) is 10.4. The summed E-state index contributed by atoms with van der Waals surface area (Å²) in [5.74, 6) is 0.170. The Bertz CT molecular complexity index is 587. The molecule has 0 aromatic heterocycles. The maximum Gasteiger partial charge on any atom is 0.241 e. The Morgan fingerprint density at radius 3 is 2.95 bits per heavy atom. The van der Waals surface area contributed by atoms with Gasteiger partial charge in [-0.2, -0.15) is 0 Å². The summed E-state index contributed by atoms with van der Waals surface area (Å²) in [6.45, 7) is 10.4. The Morgan fingerprint density at radius 1 is 1.45 bits per heavy atom. The monoisotopic (exact) mass is 321 g/mol. The molecule has 1 N–H and O–H groups in total. The molecule has 0 radical (unpaired) electrons. The van der Waals surface area contributed by atoms with Crippen LogP contribution in [-0.4, -0.2) is 49.6 Å². The molecule has 1 saturated heterocycles. The van der Waals surface area contributed by atoms with E-state index in [1.165, 1.54) is 0 Å². The number of nitrogens with zero attached hydrogens (tertiary/aromatic N) is 2. The summed E-state index contributed by atoms with van der Waals surface area (Å²) in [7, 11) is 0. The number of nitrogens with one attached hydrogen (secondary N) is 1. The van der Waals surface area contributed by atoms with Gasteiger partial charge in [0, 0.05) is 53.9 Å². The summed E-state index contributed by atoms with van der Waals surface area (Å²) in [6.07, 6.45) is 0. The molecule has 2 aliphatic heterocycles. The summed E-state index contributed by atoms with van der Waals surface area (Å²) >= 11 is 6.38. The molecule has 120 valence electrons. The average molecular weight is 322 g/mol. The molecule has 4 nitrogen and oxygen atoms in total. The van der Waals surface area contributed by atoms with E-state index in [1.807, 2.05) is 23.1 Å². The van der Waals surface area contributed by atoms with Crippen LogP contribution < -0.4 is 10.2 Å². The number of hydrogen-bond donors (Lipinski definition) is 1. The first kappa shape index (κ1) is 15.8. The SMILES string of the molecule is CC1CN(CC(=O)N2CC(C)(C)c3c(Cl)cccc32)CCN1. The minimum Gasteiger partial charge on any atom is -0.312 e. The lowest BCUT2D eigenvalue weighted by molar-refractivity contribution is -0.120. The maximum absolute atomic E-state index is 12.8. The Kier molecular flexibility index (Phi) is 4.19. The minimum atomic E-state index is -0.0971. The van der Waals surface area contributed by atoms with Gasteiger partial charge < -0.3 is 10.2 Å². The van der Waals surface area contributed by atoms with Crippen LogP contribution in [0.4, 0.5) is 5.69 Å². The Morgan fingerprint density at radius 2 is 2.23 bits per heavy atom. The van der Waals surface area contributed by atoms with Crippen molar-refractivity contribution in [3.8, 4) is 0 Å². The largest absolute Gasteiger partial charge is 0.312 e. The molecule has 1 aromatic rings. The molecule has 1 fully saturated rings. The van der Waals surface area contributed by atoms with Crippen LogP contribution in [0.15, 0.2) is 18.2 Å². The average Bonchev–Trinajstić information content (AvgIpc) is 2.72. The van der Waals surface area contributed by atoms with Crippen molar-refractivity contribution in [1.82, 2.24) is 10.2 Å². The van der Waals surface area contributed by atoms with Crippen molar-refractivity contribution in [2.24, 2.45) is 0 Å². The lowest BCUT2D eigenvalue weighted by atomic mass is 9.87. The van der Waals surface area contributed by atoms with Crippen LogP contribution in [0.2, 0.25) is 5.02 Å². The number of halogens is 1. The summed E-state index contributed by atoms with van der Waals surface area (Å²) in [5, 5.41) is 4.16. The second kappa shape index (κ2) is 5.84. The third-order valence-corrected chi connectivity index (χ3v) is 4.94. The van der Waals surface area contributed by atoms with Crippen LogP contribution in [0.5, 0.6) is 0 Å². The second-order valence-corrected chi connectivity index (χ2v) is 7.50.